The molecule has 1 rings (SSSR count). The van der Waals surface area contributed by atoms with Crippen LogP contribution >= 0.6 is 0 Å². The molecular weight excluding hydrogens is 176 g/mol. The smallest absolute Gasteiger partial charge is 0.122 e. The molecule has 0 unspecified atom stereocenters. The summed E-state index contributed by atoms with van der Waals surface area (Å²) in [7, 11) is 1.66. The summed E-state index contributed by atoms with van der Waals surface area (Å²) in [5.41, 5.74) is 2.28. The van der Waals surface area contributed by atoms with E-state index in [1.807, 2.05) is 26.0 Å². The number of hydrogen-bond donors (Lipinski definition) is 1. The summed E-state index contributed by atoms with van der Waals surface area (Å²) >= 11 is 0. The minimum Gasteiger partial charge on any atom is -0.496 e. The van der Waals surface area contributed by atoms with Crippen LogP contribution in [0.5, 0.6) is 5.75 Å². The van der Waals surface area contributed by atoms with Crippen LogP contribution in [0.3, 0.4) is 0 Å². The summed E-state index contributed by atoms with van der Waals surface area (Å²) in [6.07, 6.45) is 1.17. The van der Waals surface area contributed by atoms with Crippen molar-refractivity contribution in [3.63, 3.8) is 0 Å². The van der Waals surface area contributed by atoms with Gasteiger partial charge in [0.05, 0.1) is 13.2 Å². The lowest BCUT2D eigenvalue weighted by atomic mass is 10.0. The third kappa shape index (κ3) is 2.74. The molecule has 78 valence electrons. The number of aryl methyl sites for hydroxylation is 1. The average Bonchev–Trinajstić information content (AvgIpc) is 2.18. The van der Waals surface area contributed by atoms with Gasteiger partial charge in [0.1, 0.15) is 5.75 Å². The lowest BCUT2D eigenvalue weighted by Crippen LogP contribution is -2.09. The van der Waals surface area contributed by atoms with Crippen molar-refractivity contribution < 1.29 is 9.84 Å². The molecule has 0 aliphatic rings. The lowest BCUT2D eigenvalue weighted by Gasteiger charge is -2.12. The quantitative estimate of drug-likeness (QED) is 0.797. The Balaban J connectivity index is 2.87. The molecule has 2 heteroatoms. The number of benzene rings is 1. The van der Waals surface area contributed by atoms with Crippen LogP contribution in [-0.4, -0.2) is 18.3 Å². The van der Waals surface area contributed by atoms with E-state index in [2.05, 4.69) is 6.07 Å². The molecule has 0 amide bonds. The molecule has 0 fully saturated rings. The highest BCUT2D eigenvalue weighted by atomic mass is 16.5. The highest BCUT2D eigenvalue weighted by Crippen LogP contribution is 2.21. The van der Waals surface area contributed by atoms with E-state index in [1.165, 1.54) is 5.56 Å². The number of aliphatic hydroxyl groups excluding tert-OH is 1. The summed E-state index contributed by atoms with van der Waals surface area (Å²) in [5.74, 6) is 0.864. The molecule has 0 aliphatic heterocycles. The first-order valence-corrected chi connectivity index (χ1v) is 4.99. The van der Waals surface area contributed by atoms with Crippen molar-refractivity contribution in [2.45, 2.75) is 32.8 Å². The van der Waals surface area contributed by atoms with Crippen LogP contribution < -0.4 is 4.74 Å². The molecule has 0 saturated carbocycles. The minimum absolute atomic E-state index is 0.273. The second-order valence-corrected chi connectivity index (χ2v) is 3.58. The van der Waals surface area contributed by atoms with E-state index >= 15 is 0 Å². The van der Waals surface area contributed by atoms with Gasteiger partial charge in [0, 0.05) is 6.42 Å². The first kappa shape index (κ1) is 11.1. The zero-order valence-electron chi connectivity index (χ0n) is 9.08. The molecule has 0 saturated heterocycles. The molecule has 1 aromatic carbocycles. The van der Waals surface area contributed by atoms with E-state index in [-0.39, 0.29) is 6.10 Å². The third-order valence-corrected chi connectivity index (χ3v) is 2.36. The summed E-state index contributed by atoms with van der Waals surface area (Å²) in [4.78, 5) is 0. The number of methoxy groups -OCH3 is 1. The molecule has 0 bridgehead atoms. The van der Waals surface area contributed by atoms with Gasteiger partial charge in [-0.2, -0.15) is 0 Å². The van der Waals surface area contributed by atoms with Crippen LogP contribution in [0.25, 0.3) is 0 Å². The maximum Gasteiger partial charge on any atom is 0.122 e. The Morgan fingerprint density at radius 1 is 1.43 bits per heavy atom. The third-order valence-electron chi connectivity index (χ3n) is 2.36. The minimum atomic E-state index is -0.273. The van der Waals surface area contributed by atoms with Gasteiger partial charge in [-0.1, -0.05) is 24.6 Å². The second kappa shape index (κ2) is 5.01. The van der Waals surface area contributed by atoms with Gasteiger partial charge in [0.15, 0.2) is 0 Å². The van der Waals surface area contributed by atoms with Crippen molar-refractivity contribution in [2.24, 2.45) is 0 Å². The summed E-state index contributed by atoms with van der Waals surface area (Å²) in [5, 5.41) is 9.57. The molecule has 14 heavy (non-hydrogen) atoms. The Bertz CT molecular complexity index is 294. The van der Waals surface area contributed by atoms with Crippen LogP contribution in [0.4, 0.5) is 0 Å². The molecule has 0 heterocycles. The monoisotopic (exact) mass is 194 g/mol. The zero-order chi connectivity index (χ0) is 10.6. The highest BCUT2D eigenvalue weighted by Gasteiger charge is 2.08. The largest absolute Gasteiger partial charge is 0.496 e. The Morgan fingerprint density at radius 2 is 2.14 bits per heavy atom. The fourth-order valence-corrected chi connectivity index (χ4v) is 1.47. The van der Waals surface area contributed by atoms with Crippen LogP contribution in [0.1, 0.15) is 24.5 Å². The van der Waals surface area contributed by atoms with E-state index in [0.717, 1.165) is 17.7 Å². The van der Waals surface area contributed by atoms with Crippen molar-refractivity contribution >= 4 is 0 Å². The number of aliphatic hydroxyl groups is 1. The van der Waals surface area contributed by atoms with E-state index in [0.29, 0.717) is 6.42 Å². The summed E-state index contributed by atoms with van der Waals surface area (Å²) < 4.78 is 5.23. The Morgan fingerprint density at radius 3 is 2.71 bits per heavy atom. The first-order valence-electron chi connectivity index (χ1n) is 4.99. The normalized spacial score (nSPS) is 12.6. The summed E-state index contributed by atoms with van der Waals surface area (Å²) in [6.45, 7) is 4.02. The molecular formula is C12H18O2. The molecule has 0 spiro atoms. The SMILES string of the molecule is CC[C@@H](O)Cc1cc(C)ccc1OC. The van der Waals surface area contributed by atoms with Gasteiger partial charge in [-0.25, -0.2) is 0 Å². The highest BCUT2D eigenvalue weighted by molar-refractivity contribution is 5.37. The van der Waals surface area contributed by atoms with E-state index < -0.39 is 0 Å². The maximum absolute atomic E-state index is 9.57. The zero-order valence-corrected chi connectivity index (χ0v) is 9.08. The van der Waals surface area contributed by atoms with Crippen LogP contribution in [-0.2, 0) is 6.42 Å². The van der Waals surface area contributed by atoms with Crippen molar-refractivity contribution in [3.8, 4) is 5.75 Å². The van der Waals surface area contributed by atoms with Gasteiger partial charge in [0.25, 0.3) is 0 Å². The Labute approximate surface area is 85.5 Å². The predicted octanol–water partition coefficient (Wildman–Crippen LogP) is 2.32. The molecule has 2 nitrogen and oxygen atoms in total. The van der Waals surface area contributed by atoms with Gasteiger partial charge in [-0.05, 0) is 25.0 Å². The maximum atomic E-state index is 9.57. The van der Waals surface area contributed by atoms with Crippen molar-refractivity contribution in [1.82, 2.24) is 0 Å². The molecule has 1 aromatic rings. The number of rotatable bonds is 4. The van der Waals surface area contributed by atoms with Gasteiger partial charge in [-0.15, -0.1) is 0 Å². The van der Waals surface area contributed by atoms with Gasteiger partial charge in [0.2, 0.25) is 0 Å². The first-order chi connectivity index (χ1) is 6.67. The number of ether oxygens (including phenoxy) is 1. The summed E-state index contributed by atoms with van der Waals surface area (Å²) in [6, 6.07) is 6.03. The standard InChI is InChI=1S/C12H18O2/c1-4-11(13)8-10-7-9(2)5-6-12(10)14-3/h5-7,11,13H,4,8H2,1-3H3/t11-/m1/s1. The van der Waals surface area contributed by atoms with Crippen LogP contribution in [0.2, 0.25) is 0 Å². The Hall–Kier alpha value is -1.02. The van der Waals surface area contributed by atoms with Crippen LogP contribution in [0, 0.1) is 6.92 Å². The fourth-order valence-electron chi connectivity index (χ4n) is 1.47. The van der Waals surface area contributed by atoms with Gasteiger partial charge < -0.3 is 9.84 Å². The topological polar surface area (TPSA) is 29.5 Å². The lowest BCUT2D eigenvalue weighted by molar-refractivity contribution is 0.169. The van der Waals surface area contributed by atoms with E-state index in [9.17, 15) is 5.11 Å². The van der Waals surface area contributed by atoms with E-state index in [4.69, 9.17) is 4.74 Å². The predicted molar refractivity (Wildman–Crippen MR) is 57.7 cm³/mol. The molecule has 0 aromatic heterocycles. The Kier molecular flexibility index (Phi) is 3.96. The van der Waals surface area contributed by atoms with Gasteiger partial charge >= 0.3 is 0 Å². The molecule has 0 radical (unpaired) electrons. The van der Waals surface area contributed by atoms with Crippen molar-refractivity contribution in [1.29, 1.82) is 0 Å². The fraction of sp³-hybridized carbons (Fsp3) is 0.500. The number of hydrogen-bond acceptors (Lipinski definition) is 2. The molecule has 0 aliphatic carbocycles. The van der Waals surface area contributed by atoms with Crippen molar-refractivity contribution in [2.75, 3.05) is 7.11 Å². The van der Waals surface area contributed by atoms with Crippen LogP contribution in [0.15, 0.2) is 18.2 Å². The second-order valence-electron chi connectivity index (χ2n) is 3.58. The van der Waals surface area contributed by atoms with E-state index in [1.54, 1.807) is 7.11 Å². The van der Waals surface area contributed by atoms with Crippen molar-refractivity contribution in [3.05, 3.63) is 29.3 Å². The molecule has 1 atom stereocenters. The average molecular weight is 194 g/mol. The van der Waals surface area contributed by atoms with Gasteiger partial charge in [-0.3, -0.25) is 0 Å². The molecule has 1 N–H and O–H groups in total.